The van der Waals surface area contributed by atoms with Crippen molar-refractivity contribution in [2.45, 2.75) is 27.7 Å². The van der Waals surface area contributed by atoms with E-state index in [4.69, 9.17) is 4.74 Å². The minimum absolute atomic E-state index is 0.210. The number of carbonyl (C=O) groups excluding carboxylic acids is 2. The van der Waals surface area contributed by atoms with Gasteiger partial charge in [0.25, 0.3) is 0 Å². The van der Waals surface area contributed by atoms with Gasteiger partial charge in [0.1, 0.15) is 5.01 Å². The molecule has 1 aromatic heterocycles. The van der Waals surface area contributed by atoms with E-state index in [1.807, 2.05) is 64.1 Å². The summed E-state index contributed by atoms with van der Waals surface area (Å²) in [5.41, 5.74) is 5.98. The van der Waals surface area contributed by atoms with Gasteiger partial charge in [0.2, 0.25) is 5.78 Å². The van der Waals surface area contributed by atoms with Crippen LogP contribution in [0.1, 0.15) is 43.1 Å². The van der Waals surface area contributed by atoms with Crippen LogP contribution in [0.5, 0.6) is 0 Å². The predicted octanol–water partition coefficient (Wildman–Crippen LogP) is 5.08. The molecule has 0 saturated heterocycles. The van der Waals surface area contributed by atoms with E-state index in [9.17, 15) is 9.59 Å². The second-order valence-corrected chi connectivity index (χ2v) is 7.51. The summed E-state index contributed by atoms with van der Waals surface area (Å²) in [7, 11) is 0. The van der Waals surface area contributed by atoms with Crippen LogP contribution in [0.4, 0.5) is 0 Å². The molecule has 4 nitrogen and oxygen atoms in total. The van der Waals surface area contributed by atoms with Gasteiger partial charge in [-0.25, -0.2) is 9.78 Å². The molecule has 0 N–H and O–H groups in total. The molecule has 0 unspecified atom stereocenters. The Kier molecular flexibility index (Phi) is 5.51. The van der Waals surface area contributed by atoms with E-state index in [-0.39, 0.29) is 18.1 Å². The first-order valence-electron chi connectivity index (χ1n) is 8.66. The molecule has 138 valence electrons. The van der Waals surface area contributed by atoms with Crippen LogP contribution in [0.2, 0.25) is 0 Å². The number of benzene rings is 2. The first-order valence-corrected chi connectivity index (χ1v) is 9.54. The fraction of sp³-hybridized carbons (Fsp3) is 0.227. The van der Waals surface area contributed by atoms with Gasteiger partial charge in [0.05, 0.1) is 0 Å². The van der Waals surface area contributed by atoms with E-state index in [0.29, 0.717) is 5.56 Å². The molecule has 3 aromatic rings. The van der Waals surface area contributed by atoms with Crippen LogP contribution in [0, 0.1) is 27.7 Å². The molecule has 2 aromatic carbocycles. The maximum Gasteiger partial charge on any atom is 0.358 e. The zero-order valence-electron chi connectivity index (χ0n) is 15.8. The summed E-state index contributed by atoms with van der Waals surface area (Å²) in [6.07, 6.45) is 0. The second kappa shape index (κ2) is 7.84. The molecule has 3 rings (SSSR count). The molecule has 27 heavy (non-hydrogen) atoms. The van der Waals surface area contributed by atoms with Gasteiger partial charge in [-0.1, -0.05) is 35.9 Å². The third-order valence-electron chi connectivity index (χ3n) is 4.49. The Morgan fingerprint density at radius 3 is 2.33 bits per heavy atom. The molecule has 0 aliphatic heterocycles. The van der Waals surface area contributed by atoms with Crippen molar-refractivity contribution in [3.05, 3.63) is 75.3 Å². The lowest BCUT2D eigenvalue weighted by atomic mass is 9.98. The molecular formula is C22H21NO3S. The third kappa shape index (κ3) is 4.31. The van der Waals surface area contributed by atoms with Gasteiger partial charge >= 0.3 is 5.97 Å². The van der Waals surface area contributed by atoms with Gasteiger partial charge in [-0.3, -0.25) is 4.79 Å². The minimum atomic E-state index is -0.584. The summed E-state index contributed by atoms with van der Waals surface area (Å²) in [6.45, 7) is 7.57. The summed E-state index contributed by atoms with van der Waals surface area (Å²) in [5.74, 6) is -0.794. The van der Waals surface area contributed by atoms with Gasteiger partial charge < -0.3 is 4.74 Å². The number of aryl methyl sites for hydroxylation is 4. The third-order valence-corrected chi connectivity index (χ3v) is 5.38. The Bertz CT molecular complexity index is 1000. The fourth-order valence-corrected chi connectivity index (χ4v) is 3.54. The summed E-state index contributed by atoms with van der Waals surface area (Å²) in [4.78, 5) is 29.0. The lowest BCUT2D eigenvalue weighted by Gasteiger charge is -2.09. The maximum absolute atomic E-state index is 12.4. The van der Waals surface area contributed by atoms with Crippen molar-refractivity contribution in [3.8, 4) is 10.6 Å². The Morgan fingerprint density at radius 2 is 1.63 bits per heavy atom. The van der Waals surface area contributed by atoms with E-state index >= 15 is 0 Å². The molecule has 5 heteroatoms. The van der Waals surface area contributed by atoms with Crippen molar-refractivity contribution in [1.82, 2.24) is 4.98 Å². The average Bonchev–Trinajstić information content (AvgIpc) is 3.13. The topological polar surface area (TPSA) is 56.3 Å². The zero-order chi connectivity index (χ0) is 19.6. The van der Waals surface area contributed by atoms with Crippen molar-refractivity contribution in [2.75, 3.05) is 6.61 Å². The molecule has 0 fully saturated rings. The number of Topliss-reactive ketones (excluding diaryl/α,β-unsaturated/α-hetero) is 1. The highest BCUT2D eigenvalue weighted by molar-refractivity contribution is 7.13. The van der Waals surface area contributed by atoms with Crippen molar-refractivity contribution >= 4 is 23.1 Å². The van der Waals surface area contributed by atoms with Gasteiger partial charge in [-0.15, -0.1) is 11.3 Å². The number of ether oxygens (including phenoxy) is 1. The molecule has 0 amide bonds. The Labute approximate surface area is 162 Å². The largest absolute Gasteiger partial charge is 0.453 e. The van der Waals surface area contributed by atoms with E-state index in [1.165, 1.54) is 11.3 Å². The smallest absolute Gasteiger partial charge is 0.358 e. The molecule has 0 bridgehead atoms. The van der Waals surface area contributed by atoms with E-state index < -0.39 is 5.97 Å². The molecule has 0 atom stereocenters. The van der Waals surface area contributed by atoms with Crippen LogP contribution in [0.15, 0.2) is 41.8 Å². The SMILES string of the molecule is Cc1ccc(-c2nc(C(=O)OCC(=O)c3cc(C)c(C)cc3C)cs2)cc1. The number of aromatic nitrogens is 1. The van der Waals surface area contributed by atoms with Crippen molar-refractivity contribution in [1.29, 1.82) is 0 Å². The first-order chi connectivity index (χ1) is 12.8. The van der Waals surface area contributed by atoms with Crippen LogP contribution >= 0.6 is 11.3 Å². The fourth-order valence-electron chi connectivity index (χ4n) is 2.74. The standard InChI is InChI=1S/C22H21NO3S/c1-13-5-7-17(8-6-13)21-23-19(12-27-21)22(25)26-11-20(24)18-10-15(3)14(2)9-16(18)4/h5-10,12H,11H2,1-4H3. The van der Waals surface area contributed by atoms with Gasteiger partial charge in [-0.2, -0.15) is 0 Å². The van der Waals surface area contributed by atoms with Crippen LogP contribution in [-0.4, -0.2) is 23.3 Å². The Balaban J connectivity index is 1.67. The van der Waals surface area contributed by atoms with Crippen molar-refractivity contribution < 1.29 is 14.3 Å². The molecule has 1 heterocycles. The number of nitrogens with zero attached hydrogens (tertiary/aromatic N) is 1. The van der Waals surface area contributed by atoms with Gasteiger partial charge in [0.15, 0.2) is 12.3 Å². The second-order valence-electron chi connectivity index (χ2n) is 6.65. The van der Waals surface area contributed by atoms with Gasteiger partial charge in [-0.05, 0) is 50.5 Å². The molecule has 0 aliphatic rings. The van der Waals surface area contributed by atoms with Gasteiger partial charge in [0, 0.05) is 16.5 Å². The van der Waals surface area contributed by atoms with E-state index in [2.05, 4.69) is 4.98 Å². The number of esters is 1. The number of hydrogen-bond acceptors (Lipinski definition) is 5. The summed E-state index contributed by atoms with van der Waals surface area (Å²) >= 11 is 1.38. The lowest BCUT2D eigenvalue weighted by molar-refractivity contribution is 0.0469. The molecule has 0 radical (unpaired) electrons. The first kappa shape index (κ1) is 19.0. The van der Waals surface area contributed by atoms with Crippen LogP contribution < -0.4 is 0 Å². The van der Waals surface area contributed by atoms with Crippen molar-refractivity contribution in [2.24, 2.45) is 0 Å². The highest BCUT2D eigenvalue weighted by atomic mass is 32.1. The number of rotatable bonds is 5. The highest BCUT2D eigenvalue weighted by Gasteiger charge is 2.17. The lowest BCUT2D eigenvalue weighted by Crippen LogP contribution is -2.15. The number of ketones is 1. The molecule has 0 saturated carbocycles. The summed E-state index contributed by atoms with van der Waals surface area (Å²) in [5, 5.41) is 2.40. The molecular weight excluding hydrogens is 358 g/mol. The van der Waals surface area contributed by atoms with Crippen molar-refractivity contribution in [3.63, 3.8) is 0 Å². The molecule has 0 aliphatic carbocycles. The quantitative estimate of drug-likeness (QED) is 0.458. The Hall–Kier alpha value is -2.79. The summed E-state index contributed by atoms with van der Waals surface area (Å²) < 4.78 is 5.19. The Morgan fingerprint density at radius 1 is 0.963 bits per heavy atom. The zero-order valence-corrected chi connectivity index (χ0v) is 16.6. The predicted molar refractivity (Wildman–Crippen MR) is 108 cm³/mol. The molecule has 0 spiro atoms. The van der Waals surface area contributed by atoms with E-state index in [0.717, 1.165) is 32.8 Å². The number of carbonyl (C=O) groups is 2. The van der Waals surface area contributed by atoms with Crippen LogP contribution in [-0.2, 0) is 4.74 Å². The monoisotopic (exact) mass is 379 g/mol. The summed E-state index contributed by atoms with van der Waals surface area (Å²) in [6, 6.07) is 11.8. The maximum atomic E-state index is 12.4. The van der Waals surface area contributed by atoms with Crippen LogP contribution in [0.25, 0.3) is 10.6 Å². The van der Waals surface area contributed by atoms with Crippen LogP contribution in [0.3, 0.4) is 0 Å². The average molecular weight is 379 g/mol. The highest BCUT2D eigenvalue weighted by Crippen LogP contribution is 2.24. The number of hydrogen-bond donors (Lipinski definition) is 0. The van der Waals surface area contributed by atoms with E-state index in [1.54, 1.807) is 5.38 Å². The minimum Gasteiger partial charge on any atom is -0.453 e. The normalized spacial score (nSPS) is 10.7. The number of thiazole rings is 1.